The largest absolute Gasteiger partial charge is 0.395 e. The first-order valence-electron chi connectivity index (χ1n) is 8.36. The number of hydrogen-bond donors (Lipinski definition) is 0. The monoisotopic (exact) mass is 323 g/mol. The third-order valence-corrected chi connectivity index (χ3v) is 7.01. The molecule has 0 saturated carbocycles. The first kappa shape index (κ1) is 17.5. The van der Waals surface area contributed by atoms with Crippen LogP contribution in [-0.4, -0.2) is 47.6 Å². The zero-order chi connectivity index (χ0) is 15.8. The molecule has 0 bridgehead atoms. The number of benzene rings is 1. The lowest BCUT2D eigenvalue weighted by molar-refractivity contribution is 0.0177. The van der Waals surface area contributed by atoms with E-state index in [1.165, 1.54) is 5.69 Å². The Labute approximate surface area is 135 Å². The van der Waals surface area contributed by atoms with Gasteiger partial charge in [-0.2, -0.15) is 0 Å². The minimum Gasteiger partial charge on any atom is -0.395 e. The maximum absolute atomic E-state index is 6.42. The van der Waals surface area contributed by atoms with Crippen LogP contribution < -0.4 is 4.90 Å². The van der Waals surface area contributed by atoms with Gasteiger partial charge in [-0.15, -0.1) is 0 Å². The van der Waals surface area contributed by atoms with Gasteiger partial charge in [-0.3, -0.25) is 0 Å². The van der Waals surface area contributed by atoms with Gasteiger partial charge in [0.2, 0.25) is 0 Å². The number of anilines is 1. The van der Waals surface area contributed by atoms with Gasteiger partial charge in [-0.1, -0.05) is 18.2 Å². The van der Waals surface area contributed by atoms with E-state index in [1.54, 1.807) is 0 Å². The fourth-order valence-electron chi connectivity index (χ4n) is 2.96. The van der Waals surface area contributed by atoms with Crippen LogP contribution in [0.15, 0.2) is 30.3 Å². The highest BCUT2D eigenvalue weighted by Crippen LogP contribution is 2.22. The van der Waals surface area contributed by atoms with Crippen molar-refractivity contribution in [2.75, 3.05) is 37.8 Å². The predicted molar refractivity (Wildman–Crippen MR) is 92.7 cm³/mol. The van der Waals surface area contributed by atoms with Gasteiger partial charge in [0, 0.05) is 32.0 Å². The number of likely N-dealkylation sites (N-methyl/N-ethyl adjacent to an activating group) is 1. The molecule has 2 unspecified atom stereocenters. The Morgan fingerprint density at radius 3 is 2.73 bits per heavy atom. The molecular weight excluding hydrogens is 294 g/mol. The van der Waals surface area contributed by atoms with E-state index >= 15 is 0 Å². The topological polar surface area (TPSA) is 30.9 Å². The molecule has 5 heteroatoms. The Kier molecular flexibility index (Phi) is 6.89. The van der Waals surface area contributed by atoms with Crippen LogP contribution in [0.3, 0.4) is 0 Å². The smallest absolute Gasteiger partial charge is 0.335 e. The predicted octanol–water partition coefficient (Wildman–Crippen LogP) is 3.43. The molecule has 0 aromatic heterocycles. The molecule has 1 fully saturated rings. The summed E-state index contributed by atoms with van der Waals surface area (Å²) in [6, 6.07) is 11.5. The quantitative estimate of drug-likeness (QED) is 0.751. The van der Waals surface area contributed by atoms with Crippen LogP contribution in [0, 0.1) is 0 Å². The average molecular weight is 324 g/mol. The lowest BCUT2D eigenvalue weighted by atomic mass is 10.2. The minimum absolute atomic E-state index is 0.0728. The second-order valence-corrected chi connectivity index (χ2v) is 9.15. The normalized spacial score (nSPS) is 26.2. The maximum Gasteiger partial charge on any atom is 0.335 e. The average Bonchev–Trinajstić information content (AvgIpc) is 2.51. The van der Waals surface area contributed by atoms with E-state index in [4.69, 9.17) is 13.6 Å². The van der Waals surface area contributed by atoms with E-state index in [0.29, 0.717) is 6.61 Å². The molecule has 22 heavy (non-hydrogen) atoms. The van der Waals surface area contributed by atoms with Gasteiger partial charge in [-0.25, -0.2) is 0 Å². The van der Waals surface area contributed by atoms with Crippen molar-refractivity contribution in [2.45, 2.75) is 39.0 Å². The summed E-state index contributed by atoms with van der Waals surface area (Å²) < 4.78 is 18.2. The van der Waals surface area contributed by atoms with Crippen molar-refractivity contribution in [2.24, 2.45) is 0 Å². The summed E-state index contributed by atoms with van der Waals surface area (Å²) in [5.41, 5.74) is 1.23. The molecule has 4 nitrogen and oxygen atoms in total. The Hall–Kier alpha value is -0.883. The zero-order valence-electron chi connectivity index (χ0n) is 14.1. The Bertz CT molecular complexity index is 431. The number of nitrogens with zero attached hydrogens (tertiary/aromatic N) is 1. The van der Waals surface area contributed by atoms with Crippen LogP contribution in [0.2, 0.25) is 12.6 Å². The molecular formula is C17H29NO3Si. The maximum atomic E-state index is 6.42. The molecule has 0 N–H and O–H groups in total. The van der Waals surface area contributed by atoms with Crippen molar-refractivity contribution in [3.63, 3.8) is 0 Å². The van der Waals surface area contributed by atoms with E-state index < -0.39 is 8.56 Å². The van der Waals surface area contributed by atoms with Gasteiger partial charge in [-0.05, 0) is 45.0 Å². The summed E-state index contributed by atoms with van der Waals surface area (Å²) in [6.45, 7) is 10.4. The summed E-state index contributed by atoms with van der Waals surface area (Å²) in [4.78, 5) is 2.34. The number of hydrogen-bond acceptors (Lipinski definition) is 4. The Morgan fingerprint density at radius 2 is 2.05 bits per heavy atom. The highest BCUT2D eigenvalue weighted by molar-refractivity contribution is 6.66. The summed E-state index contributed by atoms with van der Waals surface area (Å²) in [5, 5.41) is 0. The molecule has 1 saturated heterocycles. The standard InChI is InChI=1S/C17H29NO3Si/c1-4-18(16-10-7-6-8-11-16)14-17-15-19-12-9-13-22(3,21-17)20-5-2/h6-8,10-11,17H,4-5,9,12-15H2,1-3H3. The fraction of sp³-hybridized carbons (Fsp3) is 0.647. The molecule has 0 radical (unpaired) electrons. The molecule has 1 aromatic carbocycles. The zero-order valence-corrected chi connectivity index (χ0v) is 15.1. The Morgan fingerprint density at radius 1 is 1.27 bits per heavy atom. The van der Waals surface area contributed by atoms with Crippen molar-refractivity contribution >= 4 is 14.2 Å². The summed E-state index contributed by atoms with van der Waals surface area (Å²) >= 11 is 0. The number of rotatable bonds is 6. The van der Waals surface area contributed by atoms with Gasteiger partial charge in [0.25, 0.3) is 0 Å². The van der Waals surface area contributed by atoms with Crippen molar-refractivity contribution in [3.05, 3.63) is 30.3 Å². The van der Waals surface area contributed by atoms with Gasteiger partial charge in [0.15, 0.2) is 0 Å². The van der Waals surface area contributed by atoms with Crippen molar-refractivity contribution in [1.82, 2.24) is 0 Å². The van der Waals surface area contributed by atoms with E-state index in [-0.39, 0.29) is 6.10 Å². The second-order valence-electron chi connectivity index (χ2n) is 5.86. The van der Waals surface area contributed by atoms with Crippen LogP contribution in [0.25, 0.3) is 0 Å². The Balaban J connectivity index is 2.04. The second kappa shape index (κ2) is 8.67. The third-order valence-electron chi connectivity index (χ3n) is 4.02. The first-order valence-corrected chi connectivity index (χ1v) is 10.9. The molecule has 0 amide bonds. The highest BCUT2D eigenvalue weighted by Gasteiger charge is 2.35. The number of ether oxygens (including phenoxy) is 1. The highest BCUT2D eigenvalue weighted by atomic mass is 28.4. The van der Waals surface area contributed by atoms with Crippen LogP contribution >= 0.6 is 0 Å². The SMILES string of the molecule is CCO[Si]1(C)CCCOCC(CN(CC)c2ccccc2)O1. The molecule has 1 aliphatic rings. The molecule has 1 heterocycles. The van der Waals surface area contributed by atoms with Crippen molar-refractivity contribution < 1.29 is 13.6 Å². The molecule has 2 rings (SSSR count). The van der Waals surface area contributed by atoms with E-state index in [1.807, 2.05) is 13.0 Å². The fourth-order valence-corrected chi connectivity index (χ4v) is 5.53. The molecule has 1 aliphatic heterocycles. The summed E-state index contributed by atoms with van der Waals surface area (Å²) in [5.74, 6) is 0. The van der Waals surface area contributed by atoms with Gasteiger partial charge in [0.05, 0.1) is 12.7 Å². The molecule has 124 valence electrons. The lowest BCUT2D eigenvalue weighted by Crippen LogP contribution is -2.49. The van der Waals surface area contributed by atoms with Crippen molar-refractivity contribution in [3.8, 4) is 0 Å². The van der Waals surface area contributed by atoms with Crippen LogP contribution in [-0.2, 0) is 13.6 Å². The van der Waals surface area contributed by atoms with Crippen LogP contribution in [0.5, 0.6) is 0 Å². The molecule has 0 spiro atoms. The number of para-hydroxylation sites is 1. The van der Waals surface area contributed by atoms with Crippen LogP contribution in [0.4, 0.5) is 5.69 Å². The van der Waals surface area contributed by atoms with Gasteiger partial charge < -0.3 is 18.5 Å². The summed E-state index contributed by atoms with van der Waals surface area (Å²) in [6.07, 6.45) is 1.11. The van der Waals surface area contributed by atoms with E-state index in [2.05, 4.69) is 42.6 Å². The van der Waals surface area contributed by atoms with E-state index in [0.717, 1.165) is 38.8 Å². The first-order chi connectivity index (χ1) is 10.7. The minimum atomic E-state index is -2.07. The van der Waals surface area contributed by atoms with Gasteiger partial charge in [0.1, 0.15) is 0 Å². The molecule has 0 aliphatic carbocycles. The van der Waals surface area contributed by atoms with Gasteiger partial charge >= 0.3 is 8.56 Å². The van der Waals surface area contributed by atoms with E-state index in [9.17, 15) is 0 Å². The van der Waals surface area contributed by atoms with Crippen molar-refractivity contribution in [1.29, 1.82) is 0 Å². The lowest BCUT2D eigenvalue weighted by Gasteiger charge is -2.36. The summed E-state index contributed by atoms with van der Waals surface area (Å²) in [7, 11) is -2.07. The molecule has 2 atom stereocenters. The third kappa shape index (κ3) is 5.09. The van der Waals surface area contributed by atoms with Crippen LogP contribution in [0.1, 0.15) is 20.3 Å². The molecule has 1 aromatic rings.